The molecule has 16 heavy (non-hydrogen) atoms. The van der Waals surface area contributed by atoms with Gasteiger partial charge >= 0.3 is 0 Å². The average molecular weight is 253 g/mol. The Labute approximate surface area is 102 Å². The molecule has 1 aromatic heterocycles. The van der Waals surface area contributed by atoms with Crippen LogP contribution in [0.25, 0.3) is 0 Å². The molecule has 1 heterocycles. The zero-order chi connectivity index (χ0) is 11.5. The third kappa shape index (κ3) is 2.21. The number of carbonyl (C=O) groups is 1. The molecule has 0 fully saturated rings. The summed E-state index contributed by atoms with van der Waals surface area (Å²) in [6, 6.07) is 4.74. The SMILES string of the molecule is O=C(c1cncnc1)c1cc(Cl)ccc1Cl. The fraction of sp³-hybridized carbons (Fsp3) is 0. The molecule has 0 saturated heterocycles. The number of hydrogen-bond acceptors (Lipinski definition) is 3. The largest absolute Gasteiger partial charge is 0.288 e. The van der Waals surface area contributed by atoms with Crippen LogP contribution in [0.4, 0.5) is 0 Å². The van der Waals surface area contributed by atoms with E-state index in [2.05, 4.69) is 9.97 Å². The van der Waals surface area contributed by atoms with Crippen LogP contribution in [-0.4, -0.2) is 15.8 Å². The van der Waals surface area contributed by atoms with Gasteiger partial charge in [-0.1, -0.05) is 23.2 Å². The smallest absolute Gasteiger partial charge is 0.197 e. The molecule has 0 N–H and O–H groups in total. The summed E-state index contributed by atoms with van der Waals surface area (Å²) in [6.07, 6.45) is 4.23. The second-order valence-corrected chi connectivity index (χ2v) is 3.92. The number of ketones is 1. The Balaban J connectivity index is 2.46. The first-order chi connectivity index (χ1) is 7.68. The maximum absolute atomic E-state index is 12.0. The van der Waals surface area contributed by atoms with E-state index in [4.69, 9.17) is 23.2 Å². The van der Waals surface area contributed by atoms with E-state index in [0.29, 0.717) is 21.2 Å². The number of benzene rings is 1. The van der Waals surface area contributed by atoms with Crippen molar-refractivity contribution >= 4 is 29.0 Å². The number of nitrogens with zero attached hydrogens (tertiary/aromatic N) is 2. The molecule has 0 aliphatic heterocycles. The molecule has 0 unspecified atom stereocenters. The van der Waals surface area contributed by atoms with Crippen molar-refractivity contribution in [3.05, 3.63) is 58.1 Å². The third-order valence-corrected chi connectivity index (χ3v) is 2.56. The topological polar surface area (TPSA) is 42.9 Å². The number of rotatable bonds is 2. The molecule has 2 aromatic rings. The quantitative estimate of drug-likeness (QED) is 0.772. The normalized spacial score (nSPS) is 10.1. The first-order valence-electron chi connectivity index (χ1n) is 4.43. The Morgan fingerprint density at radius 1 is 1.12 bits per heavy atom. The van der Waals surface area contributed by atoms with E-state index in [-0.39, 0.29) is 5.78 Å². The summed E-state index contributed by atoms with van der Waals surface area (Å²) in [5.41, 5.74) is 0.732. The molecule has 1 aromatic carbocycles. The second kappa shape index (κ2) is 4.60. The lowest BCUT2D eigenvalue weighted by Gasteiger charge is -2.03. The second-order valence-electron chi connectivity index (χ2n) is 3.08. The van der Waals surface area contributed by atoms with E-state index in [1.807, 2.05) is 0 Å². The Hall–Kier alpha value is -1.45. The van der Waals surface area contributed by atoms with Gasteiger partial charge in [-0.2, -0.15) is 0 Å². The fourth-order valence-corrected chi connectivity index (χ4v) is 1.62. The first-order valence-corrected chi connectivity index (χ1v) is 5.19. The van der Waals surface area contributed by atoms with Crippen LogP contribution in [0.15, 0.2) is 36.9 Å². The molecule has 0 aliphatic rings. The standard InChI is InChI=1S/C11H6Cl2N2O/c12-8-1-2-10(13)9(3-8)11(16)7-4-14-6-15-5-7/h1-6H. The highest BCUT2D eigenvalue weighted by Gasteiger charge is 2.13. The van der Waals surface area contributed by atoms with Crippen LogP contribution in [0.1, 0.15) is 15.9 Å². The van der Waals surface area contributed by atoms with Crippen molar-refractivity contribution in [2.24, 2.45) is 0 Å². The number of carbonyl (C=O) groups excluding carboxylic acids is 1. The summed E-state index contributed by atoms with van der Waals surface area (Å²) in [7, 11) is 0. The lowest BCUT2D eigenvalue weighted by atomic mass is 10.1. The van der Waals surface area contributed by atoms with Gasteiger partial charge in [0.05, 0.1) is 10.6 Å². The molecule has 0 saturated carbocycles. The maximum Gasteiger partial charge on any atom is 0.197 e. The van der Waals surface area contributed by atoms with Crippen molar-refractivity contribution in [1.29, 1.82) is 0 Å². The minimum Gasteiger partial charge on any atom is -0.288 e. The van der Waals surface area contributed by atoms with Crippen molar-refractivity contribution in [2.75, 3.05) is 0 Å². The Bertz CT molecular complexity index is 529. The lowest BCUT2D eigenvalue weighted by Crippen LogP contribution is -2.03. The molecule has 3 nitrogen and oxygen atoms in total. The van der Waals surface area contributed by atoms with Crippen molar-refractivity contribution < 1.29 is 4.79 Å². The van der Waals surface area contributed by atoms with E-state index in [1.165, 1.54) is 24.8 Å². The van der Waals surface area contributed by atoms with Gasteiger partial charge < -0.3 is 0 Å². The molecule has 5 heteroatoms. The van der Waals surface area contributed by atoms with Crippen LogP contribution in [-0.2, 0) is 0 Å². The Kier molecular flexibility index (Phi) is 3.17. The van der Waals surface area contributed by atoms with E-state index >= 15 is 0 Å². The summed E-state index contributed by atoms with van der Waals surface area (Å²) < 4.78 is 0. The van der Waals surface area contributed by atoms with Crippen molar-refractivity contribution in [3.8, 4) is 0 Å². The lowest BCUT2D eigenvalue weighted by molar-refractivity contribution is 0.103. The molecule has 2 rings (SSSR count). The van der Waals surface area contributed by atoms with Crippen LogP contribution in [0.3, 0.4) is 0 Å². The van der Waals surface area contributed by atoms with E-state index in [9.17, 15) is 4.79 Å². The molecule has 0 aliphatic carbocycles. The fourth-order valence-electron chi connectivity index (χ4n) is 1.24. The molecule has 80 valence electrons. The van der Waals surface area contributed by atoms with Crippen LogP contribution < -0.4 is 0 Å². The predicted octanol–water partition coefficient (Wildman–Crippen LogP) is 3.01. The van der Waals surface area contributed by atoms with Gasteiger partial charge in [-0.3, -0.25) is 4.79 Å². The Morgan fingerprint density at radius 2 is 1.81 bits per heavy atom. The molecular formula is C11H6Cl2N2O. The summed E-state index contributed by atoms with van der Waals surface area (Å²) in [6.45, 7) is 0. The summed E-state index contributed by atoms with van der Waals surface area (Å²) >= 11 is 11.7. The van der Waals surface area contributed by atoms with E-state index in [1.54, 1.807) is 12.1 Å². The van der Waals surface area contributed by atoms with Crippen molar-refractivity contribution in [3.63, 3.8) is 0 Å². The highest BCUT2D eigenvalue weighted by molar-refractivity contribution is 6.36. The van der Waals surface area contributed by atoms with Crippen LogP contribution >= 0.6 is 23.2 Å². The molecule has 0 radical (unpaired) electrons. The van der Waals surface area contributed by atoms with Crippen LogP contribution in [0, 0.1) is 0 Å². The number of halogens is 2. The molecule has 0 bridgehead atoms. The first kappa shape index (κ1) is 11.0. The number of aromatic nitrogens is 2. The average Bonchev–Trinajstić information content (AvgIpc) is 2.32. The number of hydrogen-bond donors (Lipinski definition) is 0. The highest BCUT2D eigenvalue weighted by Crippen LogP contribution is 2.22. The highest BCUT2D eigenvalue weighted by atomic mass is 35.5. The van der Waals surface area contributed by atoms with Gasteiger partial charge in [-0.25, -0.2) is 9.97 Å². The minimum absolute atomic E-state index is 0.242. The van der Waals surface area contributed by atoms with Gasteiger partial charge in [-0.05, 0) is 18.2 Å². The third-order valence-electron chi connectivity index (χ3n) is 2.00. The van der Waals surface area contributed by atoms with Gasteiger partial charge in [-0.15, -0.1) is 0 Å². The zero-order valence-corrected chi connectivity index (χ0v) is 9.53. The summed E-state index contributed by atoms with van der Waals surface area (Å²) in [5.74, 6) is -0.242. The van der Waals surface area contributed by atoms with Crippen LogP contribution in [0.2, 0.25) is 10.0 Å². The van der Waals surface area contributed by atoms with Crippen molar-refractivity contribution in [1.82, 2.24) is 9.97 Å². The van der Waals surface area contributed by atoms with E-state index < -0.39 is 0 Å². The molecular weight excluding hydrogens is 247 g/mol. The molecule has 0 atom stereocenters. The van der Waals surface area contributed by atoms with Gasteiger partial charge in [0.1, 0.15) is 6.33 Å². The zero-order valence-electron chi connectivity index (χ0n) is 8.02. The molecule has 0 spiro atoms. The van der Waals surface area contributed by atoms with Crippen LogP contribution in [0.5, 0.6) is 0 Å². The van der Waals surface area contributed by atoms with Gasteiger partial charge in [0.25, 0.3) is 0 Å². The molecule has 0 amide bonds. The minimum atomic E-state index is -0.242. The predicted molar refractivity (Wildman–Crippen MR) is 61.9 cm³/mol. The summed E-state index contributed by atoms with van der Waals surface area (Å²) in [5, 5.41) is 0.822. The van der Waals surface area contributed by atoms with Gasteiger partial charge in [0, 0.05) is 23.0 Å². The van der Waals surface area contributed by atoms with E-state index in [0.717, 1.165) is 0 Å². The Morgan fingerprint density at radius 3 is 2.50 bits per heavy atom. The van der Waals surface area contributed by atoms with Gasteiger partial charge in [0.15, 0.2) is 5.78 Å². The summed E-state index contributed by atoms with van der Waals surface area (Å²) in [4.78, 5) is 19.5. The van der Waals surface area contributed by atoms with Crippen molar-refractivity contribution in [2.45, 2.75) is 0 Å². The monoisotopic (exact) mass is 252 g/mol. The maximum atomic E-state index is 12.0. The van der Waals surface area contributed by atoms with Gasteiger partial charge in [0.2, 0.25) is 0 Å².